The van der Waals surface area contributed by atoms with Gasteiger partial charge in [0.15, 0.2) is 0 Å². The van der Waals surface area contributed by atoms with Crippen molar-refractivity contribution in [2.24, 2.45) is 5.92 Å². The number of ether oxygens (including phenoxy) is 1. The lowest BCUT2D eigenvalue weighted by Crippen LogP contribution is -2.27. The van der Waals surface area contributed by atoms with Gasteiger partial charge in [0.05, 0.1) is 12.3 Å². The highest BCUT2D eigenvalue weighted by molar-refractivity contribution is 6.30. The van der Waals surface area contributed by atoms with Gasteiger partial charge in [-0.05, 0) is 48.4 Å². The normalized spacial score (nSPS) is 12.3. The smallest absolute Gasteiger partial charge is 0.481 e. The molecule has 1 atom stereocenters. The maximum absolute atomic E-state index is 12.4. The Bertz CT molecular complexity index is 792. The molecular formula is C18H15ClF3NO4. The van der Waals surface area contributed by atoms with Crippen LogP contribution in [0.5, 0.6) is 5.75 Å². The fourth-order valence-electron chi connectivity index (χ4n) is 2.36. The van der Waals surface area contributed by atoms with Crippen molar-refractivity contribution in [3.63, 3.8) is 0 Å². The molecule has 0 saturated carbocycles. The summed E-state index contributed by atoms with van der Waals surface area (Å²) in [5, 5.41) is 12.1. The van der Waals surface area contributed by atoms with E-state index in [0.717, 1.165) is 17.7 Å². The first-order valence-corrected chi connectivity index (χ1v) is 8.13. The molecular weight excluding hydrogens is 387 g/mol. The molecule has 0 aliphatic heterocycles. The van der Waals surface area contributed by atoms with Crippen molar-refractivity contribution in [2.45, 2.75) is 19.2 Å². The fraction of sp³-hybridized carbons (Fsp3) is 0.222. The van der Waals surface area contributed by atoms with Crippen LogP contribution in [0.1, 0.15) is 12.0 Å². The molecule has 0 heterocycles. The van der Waals surface area contributed by atoms with E-state index in [4.69, 9.17) is 16.7 Å². The molecule has 0 saturated heterocycles. The van der Waals surface area contributed by atoms with E-state index in [9.17, 15) is 22.8 Å². The van der Waals surface area contributed by atoms with E-state index in [0.29, 0.717) is 5.02 Å². The summed E-state index contributed by atoms with van der Waals surface area (Å²) >= 11 is 5.80. The number of halogens is 4. The van der Waals surface area contributed by atoms with E-state index in [2.05, 4.69) is 10.1 Å². The summed E-state index contributed by atoms with van der Waals surface area (Å²) in [6, 6.07) is 11.2. The van der Waals surface area contributed by atoms with Crippen LogP contribution in [0, 0.1) is 5.92 Å². The first-order valence-electron chi connectivity index (χ1n) is 7.75. The van der Waals surface area contributed by atoms with Gasteiger partial charge in [-0.2, -0.15) is 0 Å². The third-order valence-electron chi connectivity index (χ3n) is 3.54. The minimum Gasteiger partial charge on any atom is -0.481 e. The van der Waals surface area contributed by atoms with Gasteiger partial charge in [-0.15, -0.1) is 13.2 Å². The van der Waals surface area contributed by atoms with Crippen molar-refractivity contribution in [3.05, 3.63) is 59.1 Å². The van der Waals surface area contributed by atoms with Crippen LogP contribution in [0.4, 0.5) is 18.9 Å². The summed E-state index contributed by atoms with van der Waals surface area (Å²) in [4.78, 5) is 23.5. The van der Waals surface area contributed by atoms with Crippen molar-refractivity contribution < 1.29 is 32.6 Å². The van der Waals surface area contributed by atoms with Crippen molar-refractivity contribution in [1.29, 1.82) is 0 Å². The molecule has 0 fully saturated rings. The molecule has 9 heteroatoms. The number of carboxylic acids is 1. The molecule has 0 aromatic heterocycles. The maximum atomic E-state index is 12.4. The fourth-order valence-corrected chi connectivity index (χ4v) is 2.48. The number of anilines is 1. The summed E-state index contributed by atoms with van der Waals surface area (Å²) in [6.07, 6.45) is -5.04. The Morgan fingerprint density at radius 1 is 1.07 bits per heavy atom. The zero-order chi connectivity index (χ0) is 20.0. The van der Waals surface area contributed by atoms with E-state index in [1.165, 1.54) is 12.1 Å². The number of benzene rings is 2. The Morgan fingerprint density at radius 2 is 1.67 bits per heavy atom. The maximum Gasteiger partial charge on any atom is 0.573 e. The van der Waals surface area contributed by atoms with Gasteiger partial charge in [0, 0.05) is 10.7 Å². The number of aliphatic carboxylic acids is 1. The molecule has 5 nitrogen and oxygen atoms in total. The molecule has 0 aliphatic carbocycles. The molecule has 2 rings (SSSR count). The zero-order valence-corrected chi connectivity index (χ0v) is 14.6. The first kappa shape index (κ1) is 20.6. The lowest BCUT2D eigenvalue weighted by atomic mass is 9.95. The second kappa shape index (κ2) is 8.77. The third kappa shape index (κ3) is 7.18. The van der Waals surface area contributed by atoms with Crippen LogP contribution in [0.15, 0.2) is 48.5 Å². The SMILES string of the molecule is O=C(O)C[C@H](Cc1ccc(Cl)cc1)C(=O)Nc1ccc(OC(F)(F)F)cc1. The Labute approximate surface area is 157 Å². The lowest BCUT2D eigenvalue weighted by molar-refractivity contribution is -0.274. The van der Waals surface area contributed by atoms with Crippen LogP contribution in [0.3, 0.4) is 0 Å². The minimum atomic E-state index is -4.81. The summed E-state index contributed by atoms with van der Waals surface area (Å²) in [6.45, 7) is 0. The van der Waals surface area contributed by atoms with Gasteiger partial charge in [-0.25, -0.2) is 0 Å². The van der Waals surface area contributed by atoms with Gasteiger partial charge in [0.2, 0.25) is 5.91 Å². The molecule has 2 aromatic rings. The molecule has 0 aliphatic rings. The highest BCUT2D eigenvalue weighted by atomic mass is 35.5. The molecule has 2 aromatic carbocycles. The van der Waals surface area contributed by atoms with Crippen molar-refractivity contribution in [2.75, 3.05) is 5.32 Å². The average Bonchev–Trinajstić information content (AvgIpc) is 2.56. The number of hydrogen-bond donors (Lipinski definition) is 2. The molecule has 144 valence electrons. The Morgan fingerprint density at radius 3 is 2.19 bits per heavy atom. The molecule has 1 amide bonds. The summed E-state index contributed by atoms with van der Waals surface area (Å²) < 4.78 is 40.2. The van der Waals surface area contributed by atoms with E-state index < -0.39 is 36.3 Å². The number of rotatable bonds is 7. The van der Waals surface area contributed by atoms with Crippen LogP contribution in [0.2, 0.25) is 5.02 Å². The number of carbonyl (C=O) groups is 2. The van der Waals surface area contributed by atoms with Gasteiger partial charge in [-0.1, -0.05) is 23.7 Å². The van der Waals surface area contributed by atoms with E-state index in [1.807, 2.05) is 0 Å². The van der Waals surface area contributed by atoms with Crippen LogP contribution in [0.25, 0.3) is 0 Å². The van der Waals surface area contributed by atoms with Crippen LogP contribution in [-0.4, -0.2) is 23.3 Å². The quantitative estimate of drug-likeness (QED) is 0.715. The zero-order valence-electron chi connectivity index (χ0n) is 13.8. The first-order chi connectivity index (χ1) is 12.6. The molecule has 2 N–H and O–H groups in total. The van der Waals surface area contributed by atoms with Crippen molar-refractivity contribution >= 4 is 29.2 Å². The van der Waals surface area contributed by atoms with Gasteiger partial charge < -0.3 is 15.2 Å². The third-order valence-corrected chi connectivity index (χ3v) is 3.79. The molecule has 0 unspecified atom stereocenters. The van der Waals surface area contributed by atoms with Crippen molar-refractivity contribution in [3.8, 4) is 5.75 Å². The Hall–Kier alpha value is -2.74. The topological polar surface area (TPSA) is 75.6 Å². The number of hydrogen-bond acceptors (Lipinski definition) is 3. The predicted molar refractivity (Wildman–Crippen MR) is 92.7 cm³/mol. The standard InChI is InChI=1S/C18H15ClF3NO4/c19-13-3-1-11(2-4-13)9-12(10-16(24)25)17(26)23-14-5-7-15(8-6-14)27-18(20,21)22/h1-8,12H,9-10H2,(H,23,26)(H,24,25)/t12-/m0/s1. The van der Waals surface area contributed by atoms with Crippen LogP contribution < -0.4 is 10.1 Å². The second-order valence-electron chi connectivity index (χ2n) is 5.69. The summed E-state index contributed by atoms with van der Waals surface area (Å²) in [7, 11) is 0. The molecule has 0 bridgehead atoms. The predicted octanol–water partition coefficient (Wildman–Crippen LogP) is 4.51. The van der Waals surface area contributed by atoms with E-state index >= 15 is 0 Å². The summed E-state index contributed by atoms with van der Waals surface area (Å²) in [5.74, 6) is -2.99. The number of nitrogens with one attached hydrogen (secondary N) is 1. The highest BCUT2D eigenvalue weighted by Crippen LogP contribution is 2.24. The van der Waals surface area contributed by atoms with Crippen LogP contribution >= 0.6 is 11.6 Å². The largest absolute Gasteiger partial charge is 0.573 e. The summed E-state index contributed by atoms with van der Waals surface area (Å²) in [5.41, 5.74) is 0.954. The van der Waals surface area contributed by atoms with E-state index in [-0.39, 0.29) is 12.1 Å². The average molecular weight is 402 g/mol. The Kier molecular flexibility index (Phi) is 6.68. The van der Waals surface area contributed by atoms with Gasteiger partial charge in [-0.3, -0.25) is 9.59 Å². The van der Waals surface area contributed by atoms with Gasteiger partial charge in [0.1, 0.15) is 5.75 Å². The van der Waals surface area contributed by atoms with Crippen LogP contribution in [-0.2, 0) is 16.0 Å². The van der Waals surface area contributed by atoms with Gasteiger partial charge >= 0.3 is 12.3 Å². The number of alkyl halides is 3. The second-order valence-corrected chi connectivity index (χ2v) is 6.12. The Balaban J connectivity index is 2.06. The van der Waals surface area contributed by atoms with Crippen molar-refractivity contribution in [1.82, 2.24) is 0 Å². The number of carbonyl (C=O) groups excluding carboxylic acids is 1. The molecule has 0 spiro atoms. The van der Waals surface area contributed by atoms with Gasteiger partial charge in [0.25, 0.3) is 0 Å². The molecule has 27 heavy (non-hydrogen) atoms. The lowest BCUT2D eigenvalue weighted by Gasteiger charge is -2.16. The monoisotopic (exact) mass is 401 g/mol. The molecule has 0 radical (unpaired) electrons. The number of carboxylic acid groups (broad SMARTS) is 1. The number of amides is 1. The van der Waals surface area contributed by atoms with E-state index in [1.54, 1.807) is 24.3 Å². The minimum absolute atomic E-state index is 0.171. The highest BCUT2D eigenvalue weighted by Gasteiger charge is 2.31.